The number of benzene rings is 2. The van der Waals surface area contributed by atoms with Gasteiger partial charge in [-0.1, -0.05) is 36.4 Å². The fourth-order valence-electron chi connectivity index (χ4n) is 1.75. The van der Waals surface area contributed by atoms with Gasteiger partial charge in [0.25, 0.3) is 0 Å². The number of ether oxygens (including phenoxy) is 1. The van der Waals surface area contributed by atoms with Crippen LogP contribution >= 0.6 is 0 Å². The predicted molar refractivity (Wildman–Crippen MR) is 67.7 cm³/mol. The summed E-state index contributed by atoms with van der Waals surface area (Å²) in [5.74, 6) is 0.968. The Balaban J connectivity index is 2.11. The van der Waals surface area contributed by atoms with Crippen LogP contribution in [0, 0.1) is 0 Å². The largest absolute Gasteiger partial charge is 0.493 e. The predicted octanol–water partition coefficient (Wildman–Crippen LogP) is 2.96. The second-order valence-electron chi connectivity index (χ2n) is 3.82. The van der Waals surface area contributed by atoms with Crippen molar-refractivity contribution in [2.24, 2.45) is 5.73 Å². The molecule has 0 amide bonds. The van der Waals surface area contributed by atoms with E-state index < -0.39 is 0 Å². The molecule has 2 aromatic rings. The Morgan fingerprint density at radius 2 is 1.75 bits per heavy atom. The highest BCUT2D eigenvalue weighted by Crippen LogP contribution is 2.25. The third kappa shape index (κ3) is 2.52. The number of fused-ring (bicyclic) bond motifs is 1. The van der Waals surface area contributed by atoms with Crippen LogP contribution in [0.25, 0.3) is 10.8 Å². The molecule has 0 unspecified atom stereocenters. The number of nitrogens with two attached hydrogens (primary N) is 1. The highest BCUT2D eigenvalue weighted by Gasteiger charge is 2.00. The molecule has 2 heteroatoms. The van der Waals surface area contributed by atoms with Gasteiger partial charge in [-0.25, -0.2) is 0 Å². The van der Waals surface area contributed by atoms with Gasteiger partial charge >= 0.3 is 0 Å². The molecule has 2 N–H and O–H groups in total. The zero-order valence-electron chi connectivity index (χ0n) is 9.36. The fourth-order valence-corrected chi connectivity index (χ4v) is 1.75. The summed E-state index contributed by atoms with van der Waals surface area (Å²) < 4.78 is 5.77. The van der Waals surface area contributed by atoms with Crippen molar-refractivity contribution in [2.75, 3.05) is 13.2 Å². The normalized spacial score (nSPS) is 10.6. The Labute approximate surface area is 96.0 Å². The highest BCUT2D eigenvalue weighted by atomic mass is 16.5. The molecular formula is C14H17NO. The second kappa shape index (κ2) is 5.52. The second-order valence-corrected chi connectivity index (χ2v) is 3.82. The fraction of sp³-hybridized carbons (Fsp3) is 0.286. The molecule has 0 aliphatic carbocycles. The van der Waals surface area contributed by atoms with Gasteiger partial charge in [-0.15, -0.1) is 0 Å². The van der Waals surface area contributed by atoms with Crippen molar-refractivity contribution < 1.29 is 4.74 Å². The minimum Gasteiger partial charge on any atom is -0.493 e. The maximum Gasteiger partial charge on any atom is 0.127 e. The summed E-state index contributed by atoms with van der Waals surface area (Å²) in [6.45, 7) is 1.48. The first-order chi connectivity index (χ1) is 7.92. The van der Waals surface area contributed by atoms with Crippen LogP contribution in [0.2, 0.25) is 0 Å². The lowest BCUT2D eigenvalue weighted by molar-refractivity contribution is 0.311. The Morgan fingerprint density at radius 3 is 2.62 bits per heavy atom. The molecule has 0 fully saturated rings. The van der Waals surface area contributed by atoms with Gasteiger partial charge in [0.1, 0.15) is 5.75 Å². The molecule has 16 heavy (non-hydrogen) atoms. The van der Waals surface area contributed by atoms with Gasteiger partial charge in [-0.3, -0.25) is 0 Å². The van der Waals surface area contributed by atoms with Crippen molar-refractivity contribution in [1.29, 1.82) is 0 Å². The molecule has 0 aromatic heterocycles. The molecular weight excluding hydrogens is 198 g/mol. The van der Waals surface area contributed by atoms with Gasteiger partial charge in [0.05, 0.1) is 6.61 Å². The van der Waals surface area contributed by atoms with Crippen molar-refractivity contribution >= 4 is 10.8 Å². The quantitative estimate of drug-likeness (QED) is 0.778. The summed E-state index contributed by atoms with van der Waals surface area (Å²) in [7, 11) is 0. The van der Waals surface area contributed by atoms with Gasteiger partial charge in [-0.2, -0.15) is 0 Å². The summed E-state index contributed by atoms with van der Waals surface area (Å²) in [5.41, 5.74) is 5.44. The van der Waals surface area contributed by atoms with E-state index in [0.717, 1.165) is 31.7 Å². The van der Waals surface area contributed by atoms with Crippen LogP contribution in [0.3, 0.4) is 0 Å². The number of unbranched alkanes of at least 4 members (excludes halogenated alkanes) is 1. The molecule has 0 heterocycles. The Morgan fingerprint density at radius 1 is 0.938 bits per heavy atom. The van der Waals surface area contributed by atoms with E-state index >= 15 is 0 Å². The SMILES string of the molecule is NCCCCOc1cccc2ccccc12. The van der Waals surface area contributed by atoms with E-state index in [-0.39, 0.29) is 0 Å². The van der Waals surface area contributed by atoms with Crippen LogP contribution in [-0.2, 0) is 0 Å². The van der Waals surface area contributed by atoms with Gasteiger partial charge in [0.2, 0.25) is 0 Å². The van der Waals surface area contributed by atoms with Gasteiger partial charge in [-0.05, 0) is 30.8 Å². The molecule has 2 aromatic carbocycles. The average Bonchev–Trinajstić information content (AvgIpc) is 2.35. The lowest BCUT2D eigenvalue weighted by atomic mass is 10.1. The molecule has 0 atom stereocenters. The first kappa shape index (κ1) is 11.0. The van der Waals surface area contributed by atoms with Crippen molar-refractivity contribution in [3.05, 3.63) is 42.5 Å². The van der Waals surface area contributed by atoms with E-state index in [1.807, 2.05) is 24.3 Å². The maximum atomic E-state index is 5.77. The van der Waals surface area contributed by atoms with Crippen molar-refractivity contribution in [1.82, 2.24) is 0 Å². The third-order valence-corrected chi connectivity index (χ3v) is 2.61. The van der Waals surface area contributed by atoms with Gasteiger partial charge in [0, 0.05) is 5.39 Å². The summed E-state index contributed by atoms with van der Waals surface area (Å²) in [6.07, 6.45) is 2.03. The third-order valence-electron chi connectivity index (χ3n) is 2.61. The maximum absolute atomic E-state index is 5.77. The Hall–Kier alpha value is -1.54. The van der Waals surface area contributed by atoms with Crippen LogP contribution in [0.5, 0.6) is 5.75 Å². The topological polar surface area (TPSA) is 35.2 Å². The lowest BCUT2D eigenvalue weighted by Crippen LogP contribution is -2.03. The van der Waals surface area contributed by atoms with Crippen LogP contribution < -0.4 is 10.5 Å². The molecule has 2 rings (SSSR count). The zero-order chi connectivity index (χ0) is 11.2. The van der Waals surface area contributed by atoms with E-state index in [0.29, 0.717) is 0 Å². The van der Waals surface area contributed by atoms with Crippen LogP contribution in [0.15, 0.2) is 42.5 Å². The minimum atomic E-state index is 0.735. The summed E-state index contributed by atoms with van der Waals surface area (Å²) in [4.78, 5) is 0. The first-order valence-electron chi connectivity index (χ1n) is 5.72. The molecule has 0 aliphatic heterocycles. The number of hydrogen-bond donors (Lipinski definition) is 1. The molecule has 0 bridgehead atoms. The van der Waals surface area contributed by atoms with Crippen LogP contribution in [-0.4, -0.2) is 13.2 Å². The molecule has 0 spiro atoms. The average molecular weight is 215 g/mol. The van der Waals surface area contributed by atoms with Crippen LogP contribution in [0.4, 0.5) is 0 Å². The summed E-state index contributed by atoms with van der Waals surface area (Å²) >= 11 is 0. The zero-order valence-corrected chi connectivity index (χ0v) is 9.36. The summed E-state index contributed by atoms with van der Waals surface area (Å²) in [6, 6.07) is 14.4. The molecule has 0 saturated heterocycles. The highest BCUT2D eigenvalue weighted by molar-refractivity contribution is 5.88. The molecule has 0 radical (unpaired) electrons. The van der Waals surface area contributed by atoms with E-state index in [9.17, 15) is 0 Å². The van der Waals surface area contributed by atoms with Gasteiger partial charge < -0.3 is 10.5 Å². The molecule has 0 saturated carbocycles. The van der Waals surface area contributed by atoms with Crippen molar-refractivity contribution in [3.63, 3.8) is 0 Å². The monoisotopic (exact) mass is 215 g/mol. The summed E-state index contributed by atoms with van der Waals surface area (Å²) in [5, 5.41) is 2.40. The van der Waals surface area contributed by atoms with Gasteiger partial charge in [0.15, 0.2) is 0 Å². The van der Waals surface area contributed by atoms with E-state index in [1.165, 1.54) is 10.8 Å². The van der Waals surface area contributed by atoms with E-state index in [2.05, 4.69) is 18.2 Å². The van der Waals surface area contributed by atoms with E-state index in [4.69, 9.17) is 10.5 Å². The Bertz CT molecular complexity index is 448. The van der Waals surface area contributed by atoms with E-state index in [1.54, 1.807) is 0 Å². The Kier molecular flexibility index (Phi) is 3.78. The molecule has 2 nitrogen and oxygen atoms in total. The molecule has 0 aliphatic rings. The smallest absolute Gasteiger partial charge is 0.127 e. The van der Waals surface area contributed by atoms with Crippen molar-refractivity contribution in [2.45, 2.75) is 12.8 Å². The number of hydrogen-bond acceptors (Lipinski definition) is 2. The van der Waals surface area contributed by atoms with Crippen molar-refractivity contribution in [3.8, 4) is 5.75 Å². The number of rotatable bonds is 5. The standard InChI is InChI=1S/C14H17NO/c15-10-3-4-11-16-14-9-5-7-12-6-1-2-8-13(12)14/h1-2,5-9H,3-4,10-11,15H2. The molecule has 84 valence electrons. The first-order valence-corrected chi connectivity index (χ1v) is 5.72. The van der Waals surface area contributed by atoms with Crippen LogP contribution in [0.1, 0.15) is 12.8 Å². The minimum absolute atomic E-state index is 0.735. The lowest BCUT2D eigenvalue weighted by Gasteiger charge is -2.08.